The van der Waals surface area contributed by atoms with Gasteiger partial charge in [-0.2, -0.15) is 0 Å². The summed E-state index contributed by atoms with van der Waals surface area (Å²) in [6.07, 6.45) is 4.63. The van der Waals surface area contributed by atoms with Crippen LogP contribution in [0.2, 0.25) is 0 Å². The van der Waals surface area contributed by atoms with Crippen LogP contribution in [0.5, 0.6) is 0 Å². The Bertz CT molecular complexity index is 511. The summed E-state index contributed by atoms with van der Waals surface area (Å²) in [6, 6.07) is 0. The van der Waals surface area contributed by atoms with E-state index in [1.54, 1.807) is 10.9 Å². The van der Waals surface area contributed by atoms with Crippen molar-refractivity contribution in [1.29, 1.82) is 0 Å². The molecule has 0 amide bonds. The number of aryl methyl sites for hydroxylation is 1. The standard InChI is InChI=1S/C11H15N5O2S/c1-18-10(17)7-9-8-19-11(14-9)12-3-2-5-16-6-4-13-15-16/h4,6,8H,2-3,5,7H2,1H3,(H,12,14). The number of ether oxygens (including phenoxy) is 1. The van der Waals surface area contributed by atoms with Crippen molar-refractivity contribution in [3.05, 3.63) is 23.5 Å². The van der Waals surface area contributed by atoms with Gasteiger partial charge >= 0.3 is 5.97 Å². The highest BCUT2D eigenvalue weighted by atomic mass is 32.1. The largest absolute Gasteiger partial charge is 0.469 e. The van der Waals surface area contributed by atoms with E-state index < -0.39 is 0 Å². The van der Waals surface area contributed by atoms with Crippen LogP contribution in [0.4, 0.5) is 5.13 Å². The molecule has 0 atom stereocenters. The molecule has 2 rings (SSSR count). The van der Waals surface area contributed by atoms with Crippen LogP contribution in [0.3, 0.4) is 0 Å². The van der Waals surface area contributed by atoms with Crippen LogP contribution in [-0.4, -0.2) is 39.6 Å². The van der Waals surface area contributed by atoms with Gasteiger partial charge < -0.3 is 10.1 Å². The van der Waals surface area contributed by atoms with Gasteiger partial charge in [-0.3, -0.25) is 9.48 Å². The normalized spacial score (nSPS) is 10.4. The first kappa shape index (κ1) is 13.5. The summed E-state index contributed by atoms with van der Waals surface area (Å²) in [6.45, 7) is 1.61. The van der Waals surface area contributed by atoms with E-state index in [-0.39, 0.29) is 12.4 Å². The Morgan fingerprint density at radius 1 is 1.58 bits per heavy atom. The van der Waals surface area contributed by atoms with E-state index in [1.165, 1.54) is 18.4 Å². The Labute approximate surface area is 114 Å². The fourth-order valence-electron chi connectivity index (χ4n) is 1.48. The summed E-state index contributed by atoms with van der Waals surface area (Å²) < 4.78 is 6.38. The average Bonchev–Trinajstić information content (AvgIpc) is 3.06. The number of thiazole rings is 1. The number of carbonyl (C=O) groups is 1. The maximum Gasteiger partial charge on any atom is 0.311 e. The number of aromatic nitrogens is 4. The van der Waals surface area contributed by atoms with Crippen molar-refractivity contribution in [2.75, 3.05) is 19.0 Å². The minimum Gasteiger partial charge on any atom is -0.469 e. The van der Waals surface area contributed by atoms with Crippen molar-refractivity contribution in [3.8, 4) is 0 Å². The van der Waals surface area contributed by atoms with Gasteiger partial charge in [-0.25, -0.2) is 4.98 Å². The fraction of sp³-hybridized carbons (Fsp3) is 0.455. The Kier molecular flexibility index (Phi) is 4.85. The van der Waals surface area contributed by atoms with Gasteiger partial charge in [-0.05, 0) is 6.42 Å². The average molecular weight is 281 g/mol. The van der Waals surface area contributed by atoms with Crippen LogP contribution in [0.1, 0.15) is 12.1 Å². The van der Waals surface area contributed by atoms with Crippen molar-refractivity contribution in [2.24, 2.45) is 0 Å². The third-order valence-corrected chi connectivity index (χ3v) is 3.27. The zero-order valence-electron chi connectivity index (χ0n) is 10.6. The number of methoxy groups -OCH3 is 1. The van der Waals surface area contributed by atoms with Gasteiger partial charge in [-0.15, -0.1) is 16.4 Å². The topological polar surface area (TPSA) is 81.9 Å². The molecule has 0 unspecified atom stereocenters. The zero-order valence-corrected chi connectivity index (χ0v) is 11.4. The van der Waals surface area contributed by atoms with E-state index in [9.17, 15) is 4.79 Å². The van der Waals surface area contributed by atoms with Gasteiger partial charge in [0.25, 0.3) is 0 Å². The summed E-state index contributed by atoms with van der Waals surface area (Å²) in [5.74, 6) is -0.275. The first-order valence-electron chi connectivity index (χ1n) is 5.87. The molecule has 0 saturated heterocycles. The lowest BCUT2D eigenvalue weighted by atomic mass is 10.3. The molecule has 0 bridgehead atoms. The third-order valence-electron chi connectivity index (χ3n) is 2.42. The summed E-state index contributed by atoms with van der Waals surface area (Å²) >= 11 is 1.49. The van der Waals surface area contributed by atoms with Crippen LogP contribution in [-0.2, 0) is 22.5 Å². The number of nitrogens with zero attached hydrogens (tertiary/aromatic N) is 4. The number of hydrogen-bond acceptors (Lipinski definition) is 7. The highest BCUT2D eigenvalue weighted by molar-refractivity contribution is 7.13. The van der Waals surface area contributed by atoms with Crippen LogP contribution in [0, 0.1) is 0 Å². The summed E-state index contributed by atoms with van der Waals surface area (Å²) in [5.41, 5.74) is 0.732. The number of nitrogens with one attached hydrogen (secondary N) is 1. The summed E-state index contributed by atoms with van der Waals surface area (Å²) in [7, 11) is 1.37. The monoisotopic (exact) mass is 281 g/mol. The molecule has 0 radical (unpaired) electrons. The smallest absolute Gasteiger partial charge is 0.311 e. The second-order valence-corrected chi connectivity index (χ2v) is 4.70. The summed E-state index contributed by atoms with van der Waals surface area (Å²) in [5, 5.41) is 13.5. The Morgan fingerprint density at radius 2 is 2.47 bits per heavy atom. The number of carbonyl (C=O) groups excluding carboxylic acids is 1. The van der Waals surface area contributed by atoms with Gasteiger partial charge in [0.2, 0.25) is 0 Å². The number of rotatable bonds is 7. The lowest BCUT2D eigenvalue weighted by Crippen LogP contribution is -2.08. The third kappa shape index (κ3) is 4.32. The molecular weight excluding hydrogens is 266 g/mol. The minimum atomic E-state index is -0.275. The van der Waals surface area contributed by atoms with Crippen molar-refractivity contribution in [2.45, 2.75) is 19.4 Å². The summed E-state index contributed by atoms with van der Waals surface area (Å²) in [4.78, 5) is 15.4. The predicted octanol–water partition coefficient (Wildman–Crippen LogP) is 0.952. The number of esters is 1. The zero-order chi connectivity index (χ0) is 13.5. The molecule has 7 nitrogen and oxygen atoms in total. The number of hydrogen-bond donors (Lipinski definition) is 1. The Balaban J connectivity index is 1.70. The molecule has 0 aromatic carbocycles. The molecule has 0 aliphatic heterocycles. The van der Waals surface area contributed by atoms with E-state index in [2.05, 4.69) is 25.3 Å². The van der Waals surface area contributed by atoms with Crippen LogP contribution < -0.4 is 5.32 Å². The lowest BCUT2D eigenvalue weighted by Gasteiger charge is -2.02. The van der Waals surface area contributed by atoms with E-state index in [1.807, 2.05) is 11.6 Å². The molecule has 0 saturated carbocycles. The van der Waals surface area contributed by atoms with Crippen LogP contribution in [0.15, 0.2) is 17.8 Å². The van der Waals surface area contributed by atoms with E-state index in [0.29, 0.717) is 0 Å². The highest BCUT2D eigenvalue weighted by Gasteiger charge is 2.07. The first-order valence-corrected chi connectivity index (χ1v) is 6.75. The van der Waals surface area contributed by atoms with Crippen molar-refractivity contribution >= 4 is 22.4 Å². The lowest BCUT2D eigenvalue weighted by molar-refractivity contribution is -0.139. The molecule has 8 heteroatoms. The van der Waals surface area contributed by atoms with Gasteiger partial charge in [-0.1, -0.05) is 5.21 Å². The fourth-order valence-corrected chi connectivity index (χ4v) is 2.22. The van der Waals surface area contributed by atoms with Gasteiger partial charge in [0.1, 0.15) is 0 Å². The molecule has 102 valence electrons. The molecular formula is C11H15N5O2S. The van der Waals surface area contributed by atoms with Gasteiger partial charge in [0, 0.05) is 24.7 Å². The molecule has 0 aliphatic rings. The molecule has 2 aromatic rings. The first-order chi connectivity index (χ1) is 9.28. The quantitative estimate of drug-likeness (QED) is 0.601. The van der Waals surface area contributed by atoms with E-state index >= 15 is 0 Å². The molecule has 19 heavy (non-hydrogen) atoms. The van der Waals surface area contributed by atoms with Crippen LogP contribution >= 0.6 is 11.3 Å². The number of anilines is 1. The molecule has 2 heterocycles. The Morgan fingerprint density at radius 3 is 3.21 bits per heavy atom. The maximum absolute atomic E-state index is 11.1. The minimum absolute atomic E-state index is 0.216. The molecule has 0 fully saturated rings. The molecule has 1 N–H and O–H groups in total. The van der Waals surface area contributed by atoms with E-state index in [4.69, 9.17) is 0 Å². The SMILES string of the molecule is COC(=O)Cc1csc(NCCCn2ccnn2)n1. The molecule has 0 spiro atoms. The second-order valence-electron chi connectivity index (χ2n) is 3.84. The highest BCUT2D eigenvalue weighted by Crippen LogP contribution is 2.15. The maximum atomic E-state index is 11.1. The van der Waals surface area contributed by atoms with Crippen molar-refractivity contribution in [3.63, 3.8) is 0 Å². The second kappa shape index (κ2) is 6.83. The predicted molar refractivity (Wildman–Crippen MR) is 71.0 cm³/mol. The van der Waals surface area contributed by atoms with Crippen LogP contribution in [0.25, 0.3) is 0 Å². The van der Waals surface area contributed by atoms with Gasteiger partial charge in [0.05, 0.1) is 25.4 Å². The molecule has 0 aliphatic carbocycles. The molecule has 2 aromatic heterocycles. The van der Waals surface area contributed by atoms with Crippen molar-refractivity contribution in [1.82, 2.24) is 20.0 Å². The van der Waals surface area contributed by atoms with E-state index in [0.717, 1.165) is 30.3 Å². The van der Waals surface area contributed by atoms with Crippen molar-refractivity contribution < 1.29 is 9.53 Å². The van der Waals surface area contributed by atoms with Gasteiger partial charge in [0.15, 0.2) is 5.13 Å². The Hall–Kier alpha value is -1.96.